The highest BCUT2D eigenvalue weighted by Gasteiger charge is 2.34. The standard InChI is InChI=1S/C13H14N4O/c18-13(12-15-7-8-16-12)17(11-4-5-11)9-10-3-1-2-6-14-10/h1-3,6-8,11H,4-5,9H2,(H,15,16). The topological polar surface area (TPSA) is 61.9 Å². The van der Waals surface area contributed by atoms with Crippen molar-refractivity contribution < 1.29 is 4.79 Å². The summed E-state index contributed by atoms with van der Waals surface area (Å²) in [6.45, 7) is 0.547. The number of aromatic amines is 1. The number of carbonyl (C=O) groups is 1. The van der Waals surface area contributed by atoms with Gasteiger partial charge >= 0.3 is 0 Å². The molecular weight excluding hydrogens is 228 g/mol. The second-order valence-corrected chi connectivity index (χ2v) is 4.42. The van der Waals surface area contributed by atoms with Gasteiger partial charge in [0.25, 0.3) is 5.91 Å². The van der Waals surface area contributed by atoms with Gasteiger partial charge in [0.2, 0.25) is 0 Å². The Hall–Kier alpha value is -2.17. The molecule has 5 heteroatoms. The molecule has 1 aliphatic rings. The van der Waals surface area contributed by atoms with Crippen molar-refractivity contribution in [3.8, 4) is 0 Å². The monoisotopic (exact) mass is 242 g/mol. The van der Waals surface area contributed by atoms with Crippen molar-refractivity contribution in [3.63, 3.8) is 0 Å². The molecule has 0 saturated heterocycles. The average molecular weight is 242 g/mol. The zero-order chi connectivity index (χ0) is 12.4. The molecule has 1 saturated carbocycles. The quantitative estimate of drug-likeness (QED) is 0.886. The predicted molar refractivity (Wildman–Crippen MR) is 65.7 cm³/mol. The molecule has 1 amide bonds. The fourth-order valence-corrected chi connectivity index (χ4v) is 1.94. The fraction of sp³-hybridized carbons (Fsp3) is 0.308. The SMILES string of the molecule is O=C(c1ncc[nH]1)N(Cc1ccccn1)C1CC1. The van der Waals surface area contributed by atoms with Crippen molar-refractivity contribution >= 4 is 5.91 Å². The number of hydrogen-bond donors (Lipinski definition) is 1. The van der Waals surface area contributed by atoms with Gasteiger partial charge in [0.1, 0.15) is 0 Å². The molecule has 18 heavy (non-hydrogen) atoms. The normalized spacial score (nSPS) is 14.4. The van der Waals surface area contributed by atoms with Gasteiger partial charge in [-0.1, -0.05) is 6.07 Å². The van der Waals surface area contributed by atoms with Crippen LogP contribution in [0.5, 0.6) is 0 Å². The molecule has 0 bridgehead atoms. The Bertz CT molecular complexity index is 519. The van der Waals surface area contributed by atoms with E-state index in [4.69, 9.17) is 0 Å². The molecule has 2 heterocycles. The first kappa shape index (κ1) is 11.0. The zero-order valence-electron chi connectivity index (χ0n) is 9.91. The lowest BCUT2D eigenvalue weighted by atomic mass is 10.3. The van der Waals surface area contributed by atoms with Crippen molar-refractivity contribution in [3.05, 3.63) is 48.3 Å². The molecule has 5 nitrogen and oxygen atoms in total. The molecule has 0 atom stereocenters. The van der Waals surface area contributed by atoms with Crippen LogP contribution < -0.4 is 0 Å². The summed E-state index contributed by atoms with van der Waals surface area (Å²) in [6.07, 6.45) is 7.15. The lowest BCUT2D eigenvalue weighted by Gasteiger charge is -2.20. The molecule has 92 valence electrons. The van der Waals surface area contributed by atoms with E-state index in [0.717, 1.165) is 18.5 Å². The third-order valence-electron chi connectivity index (χ3n) is 3.01. The fourth-order valence-electron chi connectivity index (χ4n) is 1.94. The minimum atomic E-state index is -0.0480. The summed E-state index contributed by atoms with van der Waals surface area (Å²) in [5.74, 6) is 0.353. The van der Waals surface area contributed by atoms with Gasteiger partial charge in [-0.2, -0.15) is 0 Å². The molecule has 1 fully saturated rings. The Morgan fingerprint density at radius 2 is 2.22 bits per heavy atom. The van der Waals surface area contributed by atoms with Gasteiger partial charge in [0.15, 0.2) is 5.82 Å². The van der Waals surface area contributed by atoms with Gasteiger partial charge in [0, 0.05) is 24.6 Å². The van der Waals surface area contributed by atoms with Gasteiger partial charge in [-0.05, 0) is 25.0 Å². The number of aromatic nitrogens is 3. The highest BCUT2D eigenvalue weighted by molar-refractivity contribution is 5.90. The van der Waals surface area contributed by atoms with Crippen LogP contribution in [0.15, 0.2) is 36.8 Å². The Morgan fingerprint density at radius 1 is 1.33 bits per heavy atom. The van der Waals surface area contributed by atoms with E-state index in [1.54, 1.807) is 18.6 Å². The highest BCUT2D eigenvalue weighted by Crippen LogP contribution is 2.29. The number of nitrogens with zero attached hydrogens (tertiary/aromatic N) is 3. The number of H-pyrrole nitrogens is 1. The number of nitrogens with one attached hydrogen (secondary N) is 1. The largest absolute Gasteiger partial charge is 0.341 e. The molecule has 2 aromatic heterocycles. The van der Waals surface area contributed by atoms with Crippen molar-refractivity contribution in [2.24, 2.45) is 0 Å². The smallest absolute Gasteiger partial charge is 0.290 e. The predicted octanol–water partition coefficient (Wildman–Crippen LogP) is 1.61. The van der Waals surface area contributed by atoms with Crippen molar-refractivity contribution in [2.45, 2.75) is 25.4 Å². The first-order valence-electron chi connectivity index (χ1n) is 6.05. The first-order valence-corrected chi connectivity index (χ1v) is 6.05. The molecule has 0 aromatic carbocycles. The van der Waals surface area contributed by atoms with E-state index in [9.17, 15) is 4.79 Å². The van der Waals surface area contributed by atoms with E-state index >= 15 is 0 Å². The number of amides is 1. The molecule has 3 rings (SSSR count). The van der Waals surface area contributed by atoms with Crippen molar-refractivity contribution in [1.82, 2.24) is 19.9 Å². The van der Waals surface area contributed by atoms with Crippen LogP contribution in [0.3, 0.4) is 0 Å². The van der Waals surface area contributed by atoms with Gasteiger partial charge in [-0.25, -0.2) is 4.98 Å². The van der Waals surface area contributed by atoms with Crippen molar-refractivity contribution in [2.75, 3.05) is 0 Å². The number of imidazole rings is 1. The second-order valence-electron chi connectivity index (χ2n) is 4.42. The Morgan fingerprint density at radius 3 is 2.83 bits per heavy atom. The Kier molecular flexibility index (Phi) is 2.80. The van der Waals surface area contributed by atoms with Crippen LogP contribution in [0.25, 0.3) is 0 Å². The first-order chi connectivity index (χ1) is 8.84. The van der Waals surface area contributed by atoms with Gasteiger partial charge in [0.05, 0.1) is 12.2 Å². The summed E-state index contributed by atoms with van der Waals surface area (Å²) in [6, 6.07) is 6.08. The van der Waals surface area contributed by atoms with Crippen LogP contribution in [-0.4, -0.2) is 31.8 Å². The third-order valence-corrected chi connectivity index (χ3v) is 3.01. The van der Waals surface area contributed by atoms with Gasteiger partial charge < -0.3 is 9.88 Å². The van der Waals surface area contributed by atoms with Crippen LogP contribution in [0.2, 0.25) is 0 Å². The van der Waals surface area contributed by atoms with E-state index in [2.05, 4.69) is 15.0 Å². The number of pyridine rings is 1. The molecule has 0 radical (unpaired) electrons. The van der Waals surface area contributed by atoms with Crippen LogP contribution in [0.1, 0.15) is 29.2 Å². The summed E-state index contributed by atoms with van der Waals surface area (Å²) in [5, 5.41) is 0. The summed E-state index contributed by atoms with van der Waals surface area (Å²) < 4.78 is 0. The summed E-state index contributed by atoms with van der Waals surface area (Å²) >= 11 is 0. The summed E-state index contributed by atoms with van der Waals surface area (Å²) in [7, 11) is 0. The molecule has 1 N–H and O–H groups in total. The zero-order valence-corrected chi connectivity index (χ0v) is 9.91. The Labute approximate surface area is 105 Å². The number of carbonyl (C=O) groups excluding carboxylic acids is 1. The number of hydrogen-bond acceptors (Lipinski definition) is 3. The summed E-state index contributed by atoms with van der Waals surface area (Å²) in [4.78, 5) is 25.3. The third kappa shape index (κ3) is 2.25. The van der Waals surface area contributed by atoms with Gasteiger partial charge in [-0.3, -0.25) is 9.78 Å². The van der Waals surface area contributed by atoms with Gasteiger partial charge in [-0.15, -0.1) is 0 Å². The number of rotatable bonds is 4. The van der Waals surface area contributed by atoms with Crippen LogP contribution in [0.4, 0.5) is 0 Å². The molecule has 1 aliphatic carbocycles. The van der Waals surface area contributed by atoms with E-state index in [-0.39, 0.29) is 5.91 Å². The molecular formula is C13H14N4O. The minimum Gasteiger partial charge on any atom is -0.341 e. The van der Waals surface area contributed by atoms with E-state index in [1.807, 2.05) is 23.1 Å². The lowest BCUT2D eigenvalue weighted by molar-refractivity contribution is 0.0716. The average Bonchev–Trinajstić information content (AvgIpc) is 3.10. The molecule has 0 unspecified atom stereocenters. The van der Waals surface area contributed by atoms with Crippen molar-refractivity contribution in [1.29, 1.82) is 0 Å². The maximum Gasteiger partial charge on any atom is 0.290 e. The maximum atomic E-state index is 12.3. The van der Waals surface area contributed by atoms with E-state index in [0.29, 0.717) is 18.4 Å². The second kappa shape index (κ2) is 4.60. The Balaban J connectivity index is 1.79. The summed E-state index contributed by atoms with van der Waals surface area (Å²) in [5.41, 5.74) is 0.907. The van der Waals surface area contributed by atoms with E-state index < -0.39 is 0 Å². The molecule has 2 aromatic rings. The lowest BCUT2D eigenvalue weighted by Crippen LogP contribution is -2.33. The van der Waals surface area contributed by atoms with Crippen LogP contribution in [0, 0.1) is 0 Å². The highest BCUT2D eigenvalue weighted by atomic mass is 16.2. The van der Waals surface area contributed by atoms with Crippen LogP contribution in [-0.2, 0) is 6.54 Å². The maximum absolute atomic E-state index is 12.3. The minimum absolute atomic E-state index is 0.0480. The van der Waals surface area contributed by atoms with E-state index in [1.165, 1.54) is 0 Å². The molecule has 0 aliphatic heterocycles. The molecule has 0 spiro atoms. The van der Waals surface area contributed by atoms with Crippen LogP contribution >= 0.6 is 0 Å².